The van der Waals surface area contributed by atoms with Gasteiger partial charge in [-0.05, 0) is 50.5 Å². The molecule has 0 radical (unpaired) electrons. The molecule has 0 aromatic rings. The summed E-state index contributed by atoms with van der Waals surface area (Å²) in [5.41, 5.74) is 0. The minimum atomic E-state index is 0.310. The van der Waals surface area contributed by atoms with Crippen molar-refractivity contribution in [2.45, 2.75) is 38.1 Å². The zero-order valence-corrected chi connectivity index (χ0v) is 8.42. The van der Waals surface area contributed by atoms with Crippen molar-refractivity contribution in [1.82, 2.24) is 5.32 Å². The third-order valence-corrected chi connectivity index (χ3v) is 3.97. The van der Waals surface area contributed by atoms with Crippen molar-refractivity contribution in [3.8, 4) is 12.3 Å². The largest absolute Gasteiger partial charge is 0.307 e. The Morgan fingerprint density at radius 1 is 1.46 bits per heavy atom. The number of nitrogens with one attached hydrogen (secondary N) is 1. The summed E-state index contributed by atoms with van der Waals surface area (Å²) in [7, 11) is 1.97. The summed E-state index contributed by atoms with van der Waals surface area (Å²) < 4.78 is 0. The van der Waals surface area contributed by atoms with Gasteiger partial charge in [0.2, 0.25) is 0 Å². The third kappa shape index (κ3) is 1.74. The first-order valence-corrected chi connectivity index (χ1v) is 5.47. The number of hydrogen-bond acceptors (Lipinski definition) is 1. The lowest BCUT2D eigenvalue weighted by Crippen LogP contribution is -2.27. The lowest BCUT2D eigenvalue weighted by Gasteiger charge is -2.23. The van der Waals surface area contributed by atoms with Crippen LogP contribution in [0.3, 0.4) is 0 Å². The molecule has 4 atom stereocenters. The summed E-state index contributed by atoms with van der Waals surface area (Å²) >= 11 is 0. The maximum Gasteiger partial charge on any atom is 0.0687 e. The monoisotopic (exact) mass is 177 g/mol. The van der Waals surface area contributed by atoms with E-state index < -0.39 is 0 Å². The molecule has 2 aliphatic rings. The summed E-state index contributed by atoms with van der Waals surface area (Å²) in [6.07, 6.45) is 12.5. The van der Waals surface area contributed by atoms with E-state index in [0.717, 1.165) is 17.8 Å². The van der Waals surface area contributed by atoms with Gasteiger partial charge in [0.1, 0.15) is 0 Å². The number of rotatable bonds is 3. The smallest absolute Gasteiger partial charge is 0.0687 e. The maximum atomic E-state index is 5.45. The van der Waals surface area contributed by atoms with Crippen LogP contribution in [0.4, 0.5) is 0 Å². The third-order valence-electron chi connectivity index (χ3n) is 3.97. The van der Waals surface area contributed by atoms with Gasteiger partial charge in [0.05, 0.1) is 6.04 Å². The van der Waals surface area contributed by atoms with Crippen LogP contribution in [-0.4, -0.2) is 13.1 Å². The minimum absolute atomic E-state index is 0.310. The molecular weight excluding hydrogens is 158 g/mol. The second-order valence-corrected chi connectivity index (χ2v) is 4.68. The van der Waals surface area contributed by atoms with Gasteiger partial charge in [0, 0.05) is 0 Å². The first kappa shape index (κ1) is 9.09. The highest BCUT2D eigenvalue weighted by Crippen LogP contribution is 2.49. The lowest BCUT2D eigenvalue weighted by molar-refractivity contribution is 0.299. The molecule has 2 rings (SSSR count). The molecule has 72 valence electrons. The molecule has 1 heteroatoms. The Kier molecular flexibility index (Phi) is 2.60. The SMILES string of the molecule is C#CC(CC1CC2CCC1C2)NC. The second-order valence-electron chi connectivity index (χ2n) is 4.68. The molecule has 2 fully saturated rings. The molecule has 2 saturated carbocycles. The fourth-order valence-corrected chi connectivity index (χ4v) is 3.24. The van der Waals surface area contributed by atoms with Gasteiger partial charge < -0.3 is 5.32 Å². The van der Waals surface area contributed by atoms with Crippen LogP contribution in [0.2, 0.25) is 0 Å². The average Bonchev–Trinajstić information content (AvgIpc) is 2.75. The molecule has 2 aliphatic carbocycles. The van der Waals surface area contributed by atoms with Crippen molar-refractivity contribution in [1.29, 1.82) is 0 Å². The molecule has 0 aliphatic heterocycles. The van der Waals surface area contributed by atoms with E-state index in [2.05, 4.69) is 11.2 Å². The molecule has 2 bridgehead atoms. The maximum absolute atomic E-state index is 5.45. The Morgan fingerprint density at radius 2 is 2.31 bits per heavy atom. The van der Waals surface area contributed by atoms with E-state index in [1.54, 1.807) is 0 Å². The van der Waals surface area contributed by atoms with Crippen LogP contribution in [0.25, 0.3) is 0 Å². The minimum Gasteiger partial charge on any atom is -0.307 e. The second kappa shape index (κ2) is 3.72. The van der Waals surface area contributed by atoms with Crippen LogP contribution in [0.15, 0.2) is 0 Å². The van der Waals surface area contributed by atoms with Crippen molar-refractivity contribution in [2.75, 3.05) is 7.05 Å². The molecule has 13 heavy (non-hydrogen) atoms. The molecule has 1 N–H and O–H groups in total. The van der Waals surface area contributed by atoms with Crippen LogP contribution in [0.5, 0.6) is 0 Å². The van der Waals surface area contributed by atoms with Crippen LogP contribution in [0.1, 0.15) is 32.1 Å². The summed E-state index contributed by atoms with van der Waals surface area (Å²) in [5.74, 6) is 5.81. The number of terminal acetylenes is 1. The van der Waals surface area contributed by atoms with Gasteiger partial charge in [-0.15, -0.1) is 6.42 Å². The van der Waals surface area contributed by atoms with Crippen LogP contribution >= 0.6 is 0 Å². The van der Waals surface area contributed by atoms with Crippen LogP contribution in [0, 0.1) is 30.1 Å². The van der Waals surface area contributed by atoms with Crippen LogP contribution < -0.4 is 5.32 Å². The summed E-state index contributed by atoms with van der Waals surface area (Å²) in [6, 6.07) is 0.310. The van der Waals surface area contributed by atoms with E-state index in [1.165, 1.54) is 32.1 Å². The van der Waals surface area contributed by atoms with Crippen molar-refractivity contribution >= 4 is 0 Å². The molecule has 4 unspecified atom stereocenters. The predicted molar refractivity (Wildman–Crippen MR) is 55.2 cm³/mol. The van der Waals surface area contributed by atoms with E-state index in [0.29, 0.717) is 6.04 Å². The summed E-state index contributed by atoms with van der Waals surface area (Å²) in [6.45, 7) is 0. The molecule has 0 spiro atoms. The molecule has 1 nitrogen and oxygen atoms in total. The Bertz CT molecular complexity index is 216. The summed E-state index contributed by atoms with van der Waals surface area (Å²) in [5, 5.41) is 3.20. The predicted octanol–water partition coefficient (Wildman–Crippen LogP) is 2.03. The highest BCUT2D eigenvalue weighted by atomic mass is 14.9. The zero-order valence-electron chi connectivity index (χ0n) is 8.42. The topological polar surface area (TPSA) is 12.0 Å². The fraction of sp³-hybridized carbons (Fsp3) is 0.833. The van der Waals surface area contributed by atoms with Gasteiger partial charge in [-0.2, -0.15) is 0 Å². The van der Waals surface area contributed by atoms with E-state index in [9.17, 15) is 0 Å². The van der Waals surface area contributed by atoms with Crippen molar-refractivity contribution in [3.63, 3.8) is 0 Å². The van der Waals surface area contributed by atoms with Crippen molar-refractivity contribution < 1.29 is 0 Å². The Hall–Kier alpha value is -0.480. The highest BCUT2D eigenvalue weighted by molar-refractivity contribution is 5.01. The van der Waals surface area contributed by atoms with E-state index in [-0.39, 0.29) is 0 Å². The normalized spacial score (nSPS) is 38.9. The van der Waals surface area contributed by atoms with Gasteiger partial charge >= 0.3 is 0 Å². The Balaban J connectivity index is 1.86. The molecule has 0 aromatic carbocycles. The lowest BCUT2D eigenvalue weighted by atomic mass is 9.84. The van der Waals surface area contributed by atoms with Gasteiger partial charge in [0.25, 0.3) is 0 Å². The highest BCUT2D eigenvalue weighted by Gasteiger charge is 2.39. The summed E-state index contributed by atoms with van der Waals surface area (Å²) in [4.78, 5) is 0. The number of hydrogen-bond donors (Lipinski definition) is 1. The van der Waals surface area contributed by atoms with Gasteiger partial charge in [-0.25, -0.2) is 0 Å². The van der Waals surface area contributed by atoms with E-state index >= 15 is 0 Å². The average molecular weight is 177 g/mol. The zero-order chi connectivity index (χ0) is 9.26. The van der Waals surface area contributed by atoms with Gasteiger partial charge in [-0.3, -0.25) is 0 Å². The van der Waals surface area contributed by atoms with E-state index in [1.807, 2.05) is 7.05 Å². The molecule has 0 saturated heterocycles. The standard InChI is InChI=1S/C12H19N/c1-3-12(13-2)8-11-7-9-4-5-10(11)6-9/h1,9-13H,4-8H2,2H3. The van der Waals surface area contributed by atoms with Gasteiger partial charge in [-0.1, -0.05) is 12.3 Å². The van der Waals surface area contributed by atoms with Crippen LogP contribution in [-0.2, 0) is 0 Å². The molecule has 0 aromatic heterocycles. The van der Waals surface area contributed by atoms with E-state index in [4.69, 9.17) is 6.42 Å². The Labute approximate surface area is 81.3 Å². The van der Waals surface area contributed by atoms with Gasteiger partial charge in [0.15, 0.2) is 0 Å². The molecular formula is C12H19N. The molecule has 0 amide bonds. The van der Waals surface area contributed by atoms with Crippen molar-refractivity contribution in [2.24, 2.45) is 17.8 Å². The van der Waals surface area contributed by atoms with Crippen molar-refractivity contribution in [3.05, 3.63) is 0 Å². The first-order chi connectivity index (χ1) is 6.33. The quantitative estimate of drug-likeness (QED) is 0.650. The fourth-order valence-electron chi connectivity index (χ4n) is 3.24. The molecule has 0 heterocycles. The number of fused-ring (bicyclic) bond motifs is 2. The first-order valence-electron chi connectivity index (χ1n) is 5.47. The Morgan fingerprint density at radius 3 is 2.77 bits per heavy atom.